The molecule has 1 fully saturated rings. The zero-order valence-corrected chi connectivity index (χ0v) is 8.13. The lowest BCUT2D eigenvalue weighted by Gasteiger charge is -2.44. The highest BCUT2D eigenvalue weighted by Gasteiger charge is 2.41. The van der Waals surface area contributed by atoms with E-state index in [0.29, 0.717) is 0 Å². The molecule has 70 valence electrons. The predicted octanol–water partition coefficient (Wildman–Crippen LogP) is 1.88. The highest BCUT2D eigenvalue weighted by molar-refractivity contribution is 5.01. The molecular weight excluding hydrogens is 152 g/mol. The molecule has 0 bridgehead atoms. The molecule has 1 aliphatic rings. The molecule has 0 radical (unpaired) electrons. The van der Waals surface area contributed by atoms with E-state index in [-0.39, 0.29) is 11.7 Å². The third-order valence-corrected chi connectivity index (χ3v) is 2.64. The summed E-state index contributed by atoms with van der Waals surface area (Å²) in [4.78, 5) is 0. The summed E-state index contributed by atoms with van der Waals surface area (Å²) in [5.41, 5.74) is -0.704. The third-order valence-electron chi connectivity index (χ3n) is 2.64. The summed E-state index contributed by atoms with van der Waals surface area (Å²) >= 11 is 0. The van der Waals surface area contributed by atoms with E-state index in [1.807, 2.05) is 26.8 Å². The molecule has 0 aromatic heterocycles. The average molecular weight is 170 g/mol. The maximum atomic E-state index is 9.61. The Hall–Kier alpha value is -0.340. The van der Waals surface area contributed by atoms with Crippen molar-refractivity contribution in [1.29, 1.82) is 0 Å². The van der Waals surface area contributed by atoms with Gasteiger partial charge in [0.15, 0.2) is 0 Å². The van der Waals surface area contributed by atoms with E-state index in [0.717, 1.165) is 12.8 Å². The molecule has 0 saturated carbocycles. The highest BCUT2D eigenvalue weighted by Crippen LogP contribution is 2.35. The summed E-state index contributed by atoms with van der Waals surface area (Å²) in [6.07, 6.45) is 3.10. The van der Waals surface area contributed by atoms with Crippen molar-refractivity contribution in [1.82, 2.24) is 0 Å². The van der Waals surface area contributed by atoms with Crippen molar-refractivity contribution in [2.75, 3.05) is 0 Å². The molecule has 0 unspecified atom stereocenters. The number of rotatable bonds is 1. The predicted molar refractivity (Wildman–Crippen MR) is 49.0 cm³/mol. The van der Waals surface area contributed by atoms with Gasteiger partial charge in [0, 0.05) is 0 Å². The molecule has 0 aliphatic carbocycles. The van der Waals surface area contributed by atoms with E-state index in [1.165, 1.54) is 0 Å². The van der Waals surface area contributed by atoms with Gasteiger partial charge in [0.25, 0.3) is 0 Å². The van der Waals surface area contributed by atoms with Crippen molar-refractivity contribution in [3.63, 3.8) is 0 Å². The maximum Gasteiger partial charge on any atom is 0.0895 e. The van der Waals surface area contributed by atoms with E-state index in [9.17, 15) is 5.11 Å². The molecule has 12 heavy (non-hydrogen) atoms. The fourth-order valence-corrected chi connectivity index (χ4v) is 1.63. The van der Waals surface area contributed by atoms with Crippen LogP contribution in [-0.4, -0.2) is 22.4 Å². The minimum atomic E-state index is -0.443. The van der Waals surface area contributed by atoms with Crippen molar-refractivity contribution in [2.45, 2.75) is 50.9 Å². The molecule has 0 amide bonds. The normalized spacial score (nSPS) is 40.8. The quantitative estimate of drug-likeness (QED) is 0.609. The highest BCUT2D eigenvalue weighted by atomic mass is 16.5. The first-order valence-electron chi connectivity index (χ1n) is 4.41. The summed E-state index contributed by atoms with van der Waals surface area (Å²) in [5, 5.41) is 9.61. The van der Waals surface area contributed by atoms with E-state index in [2.05, 4.69) is 6.58 Å². The van der Waals surface area contributed by atoms with Crippen LogP contribution in [0, 0.1) is 0 Å². The first-order chi connectivity index (χ1) is 5.40. The second-order valence-corrected chi connectivity index (χ2v) is 4.28. The molecule has 1 rings (SSSR count). The van der Waals surface area contributed by atoms with Crippen LogP contribution in [0.3, 0.4) is 0 Å². The van der Waals surface area contributed by atoms with E-state index in [1.54, 1.807) is 0 Å². The van der Waals surface area contributed by atoms with Crippen LogP contribution in [0.2, 0.25) is 0 Å². The molecule has 0 aromatic rings. The van der Waals surface area contributed by atoms with Crippen molar-refractivity contribution >= 4 is 0 Å². The molecule has 2 heteroatoms. The Bertz CT molecular complexity index is 186. The Morgan fingerprint density at radius 3 is 2.50 bits per heavy atom. The van der Waals surface area contributed by atoms with Crippen LogP contribution >= 0.6 is 0 Å². The van der Waals surface area contributed by atoms with Gasteiger partial charge in [-0.25, -0.2) is 0 Å². The van der Waals surface area contributed by atoms with Crippen molar-refractivity contribution in [3.8, 4) is 0 Å². The lowest BCUT2D eigenvalue weighted by atomic mass is 9.86. The largest absolute Gasteiger partial charge is 0.390 e. The van der Waals surface area contributed by atoms with Crippen LogP contribution in [0.4, 0.5) is 0 Å². The summed E-state index contributed by atoms with van der Waals surface area (Å²) in [6.45, 7) is 9.58. The van der Waals surface area contributed by atoms with E-state index in [4.69, 9.17) is 4.74 Å². The van der Waals surface area contributed by atoms with Gasteiger partial charge < -0.3 is 9.84 Å². The second kappa shape index (κ2) is 2.86. The third kappa shape index (κ3) is 1.70. The number of aliphatic hydroxyl groups excluding tert-OH is 1. The van der Waals surface area contributed by atoms with E-state index < -0.39 is 5.60 Å². The van der Waals surface area contributed by atoms with Gasteiger partial charge in [0.1, 0.15) is 0 Å². The summed E-state index contributed by atoms with van der Waals surface area (Å²) in [7, 11) is 0. The Morgan fingerprint density at radius 1 is 1.50 bits per heavy atom. The Labute approximate surface area is 74.2 Å². The SMILES string of the molecule is C=C[C@@]1(C)CC[C@@H](O)C(C)(C)O1. The minimum Gasteiger partial charge on any atom is -0.390 e. The minimum absolute atomic E-state index is 0.261. The molecule has 0 spiro atoms. The molecule has 2 atom stereocenters. The summed E-state index contributed by atoms with van der Waals surface area (Å²) in [6, 6.07) is 0. The molecule has 0 aromatic carbocycles. The van der Waals surface area contributed by atoms with Crippen LogP contribution in [0.1, 0.15) is 33.6 Å². The molecule has 1 saturated heterocycles. The van der Waals surface area contributed by atoms with Gasteiger partial charge in [-0.3, -0.25) is 0 Å². The van der Waals surface area contributed by atoms with Gasteiger partial charge in [-0.1, -0.05) is 6.08 Å². The Balaban J connectivity index is 2.75. The van der Waals surface area contributed by atoms with Crippen molar-refractivity contribution in [2.24, 2.45) is 0 Å². The molecule has 2 nitrogen and oxygen atoms in total. The van der Waals surface area contributed by atoms with Gasteiger partial charge in [-0.2, -0.15) is 0 Å². The van der Waals surface area contributed by atoms with Crippen LogP contribution in [0.25, 0.3) is 0 Å². The monoisotopic (exact) mass is 170 g/mol. The lowest BCUT2D eigenvalue weighted by Crippen LogP contribution is -2.51. The number of aliphatic hydroxyl groups is 1. The summed E-state index contributed by atoms with van der Waals surface area (Å²) < 4.78 is 5.75. The lowest BCUT2D eigenvalue weighted by molar-refractivity contribution is -0.195. The zero-order valence-electron chi connectivity index (χ0n) is 8.13. The topological polar surface area (TPSA) is 29.5 Å². The van der Waals surface area contributed by atoms with Gasteiger partial charge >= 0.3 is 0 Å². The van der Waals surface area contributed by atoms with Gasteiger partial charge in [0.05, 0.1) is 17.3 Å². The first kappa shape index (κ1) is 9.75. The Morgan fingerprint density at radius 2 is 2.08 bits per heavy atom. The van der Waals surface area contributed by atoms with Crippen molar-refractivity contribution in [3.05, 3.63) is 12.7 Å². The van der Waals surface area contributed by atoms with Crippen LogP contribution in [0.5, 0.6) is 0 Å². The number of hydrogen-bond acceptors (Lipinski definition) is 2. The molecule has 1 N–H and O–H groups in total. The van der Waals surface area contributed by atoms with Gasteiger partial charge in [-0.15, -0.1) is 6.58 Å². The average Bonchev–Trinajstić information content (AvgIpc) is 1.97. The molecule has 1 heterocycles. The van der Waals surface area contributed by atoms with E-state index >= 15 is 0 Å². The van der Waals surface area contributed by atoms with Crippen molar-refractivity contribution < 1.29 is 9.84 Å². The van der Waals surface area contributed by atoms with Crippen LogP contribution < -0.4 is 0 Å². The number of hydrogen-bond donors (Lipinski definition) is 1. The Kier molecular flexibility index (Phi) is 2.32. The molecular formula is C10H18O2. The second-order valence-electron chi connectivity index (χ2n) is 4.28. The zero-order chi connectivity index (χ0) is 9.41. The first-order valence-corrected chi connectivity index (χ1v) is 4.41. The van der Waals surface area contributed by atoms with Crippen LogP contribution in [-0.2, 0) is 4.74 Å². The fraction of sp³-hybridized carbons (Fsp3) is 0.800. The smallest absolute Gasteiger partial charge is 0.0895 e. The maximum absolute atomic E-state index is 9.61. The van der Waals surface area contributed by atoms with Gasteiger partial charge in [-0.05, 0) is 33.6 Å². The summed E-state index contributed by atoms with van der Waals surface area (Å²) in [5.74, 6) is 0. The molecule has 1 aliphatic heterocycles. The standard InChI is InChI=1S/C10H18O2/c1-5-10(4)7-6-8(11)9(2,3)12-10/h5,8,11H,1,6-7H2,2-4H3/t8-,10+/m1/s1. The van der Waals surface area contributed by atoms with Crippen LogP contribution in [0.15, 0.2) is 12.7 Å². The fourth-order valence-electron chi connectivity index (χ4n) is 1.63. The van der Waals surface area contributed by atoms with Gasteiger partial charge in [0.2, 0.25) is 0 Å². The number of ether oxygens (including phenoxy) is 1.